The number of anilines is 1. The third-order valence-corrected chi connectivity index (χ3v) is 6.06. The van der Waals surface area contributed by atoms with Crippen LogP contribution in [0.4, 0.5) is 5.69 Å². The van der Waals surface area contributed by atoms with E-state index in [1.165, 1.54) is 16.7 Å². The van der Waals surface area contributed by atoms with E-state index in [1.54, 1.807) is 36.6 Å². The van der Waals surface area contributed by atoms with Crippen LogP contribution in [-0.4, -0.2) is 11.8 Å². The molecule has 0 atom stereocenters. The number of amides is 2. The van der Waals surface area contributed by atoms with Gasteiger partial charge >= 0.3 is 0 Å². The van der Waals surface area contributed by atoms with Crippen LogP contribution < -0.4 is 4.90 Å². The van der Waals surface area contributed by atoms with Gasteiger partial charge in [-0.3, -0.25) is 9.59 Å². The lowest BCUT2D eigenvalue weighted by Gasteiger charge is -2.15. The van der Waals surface area contributed by atoms with Gasteiger partial charge in [-0.05, 0) is 61.4 Å². The number of halogens is 1. The number of imide groups is 1. The van der Waals surface area contributed by atoms with Crippen LogP contribution in [0, 0.1) is 13.8 Å². The number of hydrogen-bond donors (Lipinski definition) is 0. The number of hydrogen-bond acceptors (Lipinski definition) is 4. The van der Waals surface area contributed by atoms with Gasteiger partial charge in [0.1, 0.15) is 5.76 Å². The summed E-state index contributed by atoms with van der Waals surface area (Å²) < 4.78 is 5.39. The predicted molar refractivity (Wildman–Crippen MR) is 117 cm³/mol. The first-order chi connectivity index (χ1) is 14.0. The maximum Gasteiger partial charge on any atom is 0.272 e. The van der Waals surface area contributed by atoms with Gasteiger partial charge in [-0.1, -0.05) is 35.4 Å². The summed E-state index contributed by atoms with van der Waals surface area (Å²) >= 11 is 7.29. The van der Waals surface area contributed by atoms with Crippen molar-refractivity contribution in [2.45, 2.75) is 19.6 Å². The summed E-state index contributed by atoms with van der Waals surface area (Å²) in [5, 5.41) is 0.544. The lowest BCUT2D eigenvalue weighted by Crippen LogP contribution is -2.31. The molecule has 0 saturated heterocycles. The zero-order chi connectivity index (χ0) is 20.5. The minimum atomic E-state index is -0.330. The van der Waals surface area contributed by atoms with E-state index >= 15 is 0 Å². The maximum absolute atomic E-state index is 13.4. The number of rotatable bonds is 5. The van der Waals surface area contributed by atoms with Gasteiger partial charge in [0.25, 0.3) is 11.8 Å². The van der Waals surface area contributed by atoms with Crippen LogP contribution in [0.1, 0.15) is 22.5 Å². The van der Waals surface area contributed by atoms with Gasteiger partial charge in [0.2, 0.25) is 0 Å². The zero-order valence-electron chi connectivity index (χ0n) is 15.9. The van der Waals surface area contributed by atoms with Gasteiger partial charge in [-0.25, -0.2) is 4.90 Å². The Morgan fingerprint density at radius 3 is 2.41 bits per heavy atom. The van der Waals surface area contributed by atoms with E-state index in [0.29, 0.717) is 26.9 Å². The van der Waals surface area contributed by atoms with E-state index in [4.69, 9.17) is 16.0 Å². The summed E-state index contributed by atoms with van der Waals surface area (Å²) in [6.07, 6.45) is 1.59. The third kappa shape index (κ3) is 3.76. The molecule has 0 unspecified atom stereocenters. The highest BCUT2D eigenvalue weighted by atomic mass is 35.5. The van der Waals surface area contributed by atoms with Crippen molar-refractivity contribution in [2.24, 2.45) is 0 Å². The molecule has 0 bridgehead atoms. The topological polar surface area (TPSA) is 50.5 Å². The number of thioether (sulfide) groups is 1. The predicted octanol–water partition coefficient (Wildman–Crippen LogP) is 5.77. The minimum absolute atomic E-state index is 0.328. The normalized spacial score (nSPS) is 14.2. The molecule has 29 heavy (non-hydrogen) atoms. The number of aryl methyl sites for hydroxylation is 2. The second kappa shape index (κ2) is 7.93. The highest BCUT2D eigenvalue weighted by Crippen LogP contribution is 2.40. The van der Waals surface area contributed by atoms with Gasteiger partial charge in [-0.15, -0.1) is 11.8 Å². The van der Waals surface area contributed by atoms with Crippen LogP contribution in [-0.2, 0) is 15.3 Å². The first-order valence-corrected chi connectivity index (χ1v) is 10.4. The Labute approximate surface area is 178 Å². The summed E-state index contributed by atoms with van der Waals surface area (Å²) in [6.45, 7) is 3.95. The van der Waals surface area contributed by atoms with E-state index in [1.807, 2.05) is 38.1 Å². The summed E-state index contributed by atoms with van der Waals surface area (Å²) in [5.74, 6) is 0.548. The monoisotopic (exact) mass is 423 g/mol. The average Bonchev–Trinajstić information content (AvgIpc) is 3.28. The molecule has 0 spiro atoms. The van der Waals surface area contributed by atoms with Crippen LogP contribution in [0.2, 0.25) is 5.02 Å². The molecule has 4 nitrogen and oxygen atoms in total. The molecule has 0 N–H and O–H groups in total. The van der Waals surface area contributed by atoms with Crippen molar-refractivity contribution < 1.29 is 14.0 Å². The van der Waals surface area contributed by atoms with Gasteiger partial charge in [0.15, 0.2) is 0 Å². The Hall–Kier alpha value is -2.76. The Balaban J connectivity index is 1.78. The Bertz CT molecular complexity index is 1120. The molecule has 0 saturated carbocycles. The van der Waals surface area contributed by atoms with Crippen LogP contribution in [0.25, 0.3) is 5.57 Å². The van der Waals surface area contributed by atoms with Crippen LogP contribution >= 0.6 is 23.4 Å². The van der Waals surface area contributed by atoms with Crippen molar-refractivity contribution >= 4 is 46.4 Å². The number of furan rings is 1. The fourth-order valence-corrected chi connectivity index (χ4v) is 4.47. The SMILES string of the molecule is Cc1ccc(C2=C(SCc3ccco3)C(=O)N(c3ccc(Cl)cc3)C2=O)c(C)c1. The molecule has 1 aliphatic rings. The molecule has 146 valence electrons. The van der Waals surface area contributed by atoms with E-state index in [9.17, 15) is 9.59 Å². The van der Waals surface area contributed by atoms with E-state index in [2.05, 4.69) is 0 Å². The third-order valence-electron chi connectivity index (χ3n) is 4.72. The molecule has 2 amide bonds. The smallest absolute Gasteiger partial charge is 0.272 e. The van der Waals surface area contributed by atoms with Gasteiger partial charge < -0.3 is 4.42 Å². The number of nitrogens with zero attached hydrogens (tertiary/aromatic N) is 1. The molecule has 3 aromatic rings. The van der Waals surface area contributed by atoms with Crippen molar-refractivity contribution in [1.29, 1.82) is 0 Å². The van der Waals surface area contributed by atoms with Crippen LogP contribution in [0.3, 0.4) is 0 Å². The first kappa shape index (κ1) is 19.6. The van der Waals surface area contributed by atoms with E-state index in [0.717, 1.165) is 22.5 Å². The minimum Gasteiger partial charge on any atom is -0.468 e. The number of carbonyl (C=O) groups is 2. The van der Waals surface area contributed by atoms with Crippen molar-refractivity contribution in [1.82, 2.24) is 0 Å². The number of benzene rings is 2. The molecule has 0 radical (unpaired) electrons. The first-order valence-electron chi connectivity index (χ1n) is 9.07. The second-order valence-corrected chi connectivity index (χ2v) is 8.23. The Morgan fingerprint density at radius 2 is 1.76 bits per heavy atom. The number of carbonyl (C=O) groups excluding carboxylic acids is 2. The average molecular weight is 424 g/mol. The quantitative estimate of drug-likeness (QED) is 0.489. The molecule has 4 rings (SSSR count). The molecular weight excluding hydrogens is 406 g/mol. The molecule has 0 fully saturated rings. The van der Waals surface area contributed by atoms with E-state index < -0.39 is 0 Å². The fraction of sp³-hybridized carbons (Fsp3) is 0.130. The van der Waals surface area contributed by atoms with Gasteiger partial charge in [0, 0.05) is 5.02 Å². The molecule has 0 aliphatic carbocycles. The second-order valence-electron chi connectivity index (χ2n) is 6.81. The fourth-order valence-electron chi connectivity index (χ4n) is 3.34. The Morgan fingerprint density at radius 1 is 1.00 bits per heavy atom. The maximum atomic E-state index is 13.4. The summed E-state index contributed by atoms with van der Waals surface area (Å²) in [7, 11) is 0. The van der Waals surface area contributed by atoms with Gasteiger partial charge in [-0.2, -0.15) is 0 Å². The molecule has 2 aromatic carbocycles. The highest BCUT2D eigenvalue weighted by Gasteiger charge is 2.40. The molecule has 1 aromatic heterocycles. The van der Waals surface area contributed by atoms with Crippen molar-refractivity contribution in [2.75, 3.05) is 4.90 Å². The highest BCUT2D eigenvalue weighted by molar-refractivity contribution is 8.03. The lowest BCUT2D eigenvalue weighted by molar-refractivity contribution is -0.119. The molecule has 2 heterocycles. The van der Waals surface area contributed by atoms with Crippen LogP contribution in [0.5, 0.6) is 0 Å². The summed E-state index contributed by atoms with van der Waals surface area (Å²) in [5.41, 5.74) is 3.75. The molecule has 6 heteroatoms. The van der Waals surface area contributed by atoms with Crippen molar-refractivity contribution in [3.8, 4) is 0 Å². The standard InChI is InChI=1S/C23H18ClNO3S/c1-14-5-10-19(15(2)12-14)20-21(29-13-18-4-3-11-28-18)23(27)25(22(20)26)17-8-6-16(24)7-9-17/h3-12H,13H2,1-2H3. The molecular formula is C23H18ClNO3S. The summed E-state index contributed by atoms with van der Waals surface area (Å²) in [6, 6.07) is 16.2. The van der Waals surface area contributed by atoms with Gasteiger partial charge in [0.05, 0.1) is 28.2 Å². The van der Waals surface area contributed by atoms with E-state index in [-0.39, 0.29) is 11.8 Å². The van der Waals surface area contributed by atoms with Crippen molar-refractivity contribution in [3.05, 3.63) is 93.2 Å². The molecule has 1 aliphatic heterocycles. The largest absolute Gasteiger partial charge is 0.468 e. The zero-order valence-corrected chi connectivity index (χ0v) is 17.5. The van der Waals surface area contributed by atoms with Crippen molar-refractivity contribution in [3.63, 3.8) is 0 Å². The Kier molecular flexibility index (Phi) is 5.35. The summed E-state index contributed by atoms with van der Waals surface area (Å²) in [4.78, 5) is 28.3. The van der Waals surface area contributed by atoms with Crippen LogP contribution in [0.15, 0.2) is 70.2 Å². The lowest BCUT2D eigenvalue weighted by atomic mass is 9.99.